The minimum atomic E-state index is -0.127. The van der Waals surface area contributed by atoms with E-state index in [1.807, 2.05) is 0 Å². The van der Waals surface area contributed by atoms with E-state index in [4.69, 9.17) is 10.7 Å². The Balaban J connectivity index is 0.00000420. The maximum atomic E-state index is 11.2. The first-order chi connectivity index (χ1) is 13.7. The lowest BCUT2D eigenvalue weighted by Crippen LogP contribution is -2.39. The van der Waals surface area contributed by atoms with Gasteiger partial charge < -0.3 is 21.3 Å². The number of rotatable bonds is 12. The number of carbonyl (C=O) groups is 1. The summed E-state index contributed by atoms with van der Waals surface area (Å²) in [6.07, 6.45) is 13.9. The molecule has 0 unspecified atom stereocenters. The predicted molar refractivity (Wildman–Crippen MR) is 133 cm³/mol. The Hall–Kier alpha value is -0.570. The van der Waals surface area contributed by atoms with Crippen molar-refractivity contribution in [3.8, 4) is 0 Å². The zero-order valence-corrected chi connectivity index (χ0v) is 20.8. The third kappa shape index (κ3) is 11.4. The second-order valence-electron chi connectivity index (χ2n) is 8.56. The Kier molecular flexibility index (Phi) is 14.8. The van der Waals surface area contributed by atoms with Crippen molar-refractivity contribution in [2.45, 2.75) is 77.6 Å². The summed E-state index contributed by atoms with van der Waals surface area (Å²) in [4.78, 5) is 18.4. The summed E-state index contributed by atoms with van der Waals surface area (Å²) < 4.78 is 0. The van der Waals surface area contributed by atoms with Crippen molar-refractivity contribution in [3.05, 3.63) is 0 Å². The molecule has 1 amide bonds. The van der Waals surface area contributed by atoms with Crippen LogP contribution in [0.2, 0.25) is 0 Å². The van der Waals surface area contributed by atoms with Crippen LogP contribution in [0, 0.1) is 11.8 Å². The quantitative estimate of drug-likeness (QED) is 0.159. The molecule has 2 fully saturated rings. The smallest absolute Gasteiger partial charge is 0.220 e. The summed E-state index contributed by atoms with van der Waals surface area (Å²) in [6.45, 7) is 8.04. The van der Waals surface area contributed by atoms with Gasteiger partial charge in [-0.15, -0.1) is 24.0 Å². The molecule has 0 aromatic carbocycles. The molecule has 0 atom stereocenters. The van der Waals surface area contributed by atoms with Crippen molar-refractivity contribution in [3.63, 3.8) is 0 Å². The monoisotopic (exact) mass is 521 g/mol. The number of nitrogens with two attached hydrogens (primary N) is 1. The number of guanidine groups is 1. The first-order valence-electron chi connectivity index (χ1n) is 11.7. The Morgan fingerprint density at radius 2 is 1.76 bits per heavy atom. The third-order valence-electron chi connectivity index (χ3n) is 6.29. The molecule has 2 rings (SSSR count). The van der Waals surface area contributed by atoms with E-state index in [0.29, 0.717) is 0 Å². The molecule has 0 aromatic heterocycles. The fraction of sp³-hybridized carbons (Fsp3) is 0.909. The number of carbonyl (C=O) groups excluding carboxylic acids is 1. The number of amides is 1. The Morgan fingerprint density at radius 3 is 2.41 bits per heavy atom. The highest BCUT2D eigenvalue weighted by molar-refractivity contribution is 14.0. The van der Waals surface area contributed by atoms with Crippen LogP contribution in [-0.4, -0.2) is 56.0 Å². The van der Waals surface area contributed by atoms with Gasteiger partial charge in [-0.2, -0.15) is 0 Å². The minimum Gasteiger partial charge on any atom is -0.369 e. The van der Waals surface area contributed by atoms with Gasteiger partial charge in [-0.3, -0.25) is 9.79 Å². The van der Waals surface area contributed by atoms with Gasteiger partial charge in [-0.25, -0.2) is 0 Å². The summed E-state index contributed by atoms with van der Waals surface area (Å²) in [7, 11) is 0. The molecular weight excluding hydrogens is 477 g/mol. The number of nitrogens with one attached hydrogen (secondary N) is 2. The lowest BCUT2D eigenvalue weighted by Gasteiger charge is -2.30. The van der Waals surface area contributed by atoms with Crippen LogP contribution in [0.3, 0.4) is 0 Å². The molecule has 1 heterocycles. The highest BCUT2D eigenvalue weighted by atomic mass is 127. The fourth-order valence-electron chi connectivity index (χ4n) is 4.48. The van der Waals surface area contributed by atoms with Crippen molar-refractivity contribution in [2.24, 2.45) is 22.6 Å². The molecule has 170 valence electrons. The maximum Gasteiger partial charge on any atom is 0.220 e. The molecule has 0 bridgehead atoms. The van der Waals surface area contributed by atoms with E-state index < -0.39 is 0 Å². The van der Waals surface area contributed by atoms with Crippen LogP contribution in [-0.2, 0) is 4.79 Å². The summed E-state index contributed by atoms with van der Waals surface area (Å²) >= 11 is 0. The zero-order valence-electron chi connectivity index (χ0n) is 18.5. The average Bonchev–Trinajstić information content (AvgIpc) is 3.21. The number of hydrogen-bond donors (Lipinski definition) is 3. The van der Waals surface area contributed by atoms with E-state index >= 15 is 0 Å². The standard InChI is InChI=1S/C22H43N5O.HI/c1-2-24-22(25-14-6-5-11-19-9-3-4-10-19)26-15-7-8-16-27-17-12-20(13-18-27)21(23)28;/h19-20H,2-18H2,1H3,(H2,23,28)(H2,24,25,26);1H. The van der Waals surface area contributed by atoms with Crippen LogP contribution >= 0.6 is 24.0 Å². The molecule has 1 saturated carbocycles. The number of unbranched alkanes of at least 4 members (excludes halogenated alkanes) is 2. The highest BCUT2D eigenvalue weighted by Crippen LogP contribution is 2.28. The Morgan fingerprint density at radius 1 is 1.03 bits per heavy atom. The lowest BCUT2D eigenvalue weighted by molar-refractivity contribution is -0.123. The summed E-state index contributed by atoms with van der Waals surface area (Å²) in [5.74, 6) is 1.93. The topological polar surface area (TPSA) is 82.8 Å². The molecule has 7 heteroatoms. The molecule has 4 N–H and O–H groups in total. The molecule has 1 aliphatic heterocycles. The van der Waals surface area contributed by atoms with E-state index in [1.165, 1.54) is 51.4 Å². The summed E-state index contributed by atoms with van der Waals surface area (Å²) in [5.41, 5.74) is 5.40. The van der Waals surface area contributed by atoms with Crippen LogP contribution < -0.4 is 16.4 Å². The van der Waals surface area contributed by atoms with E-state index in [2.05, 4.69) is 22.5 Å². The number of nitrogens with zero attached hydrogens (tertiary/aromatic N) is 2. The highest BCUT2D eigenvalue weighted by Gasteiger charge is 2.22. The van der Waals surface area contributed by atoms with E-state index in [-0.39, 0.29) is 35.8 Å². The zero-order chi connectivity index (χ0) is 20.0. The maximum absolute atomic E-state index is 11.2. The number of hydrogen-bond acceptors (Lipinski definition) is 3. The van der Waals surface area contributed by atoms with Gasteiger partial charge in [-0.05, 0) is 64.6 Å². The van der Waals surface area contributed by atoms with Crippen molar-refractivity contribution >= 4 is 35.8 Å². The largest absolute Gasteiger partial charge is 0.369 e. The fourth-order valence-corrected chi connectivity index (χ4v) is 4.48. The molecule has 2 aliphatic rings. The number of halogens is 1. The van der Waals surface area contributed by atoms with Gasteiger partial charge >= 0.3 is 0 Å². The van der Waals surface area contributed by atoms with Gasteiger partial charge in [0, 0.05) is 25.6 Å². The number of piperidine rings is 1. The minimum absolute atomic E-state index is 0. The van der Waals surface area contributed by atoms with Crippen molar-refractivity contribution < 1.29 is 4.79 Å². The Bertz CT molecular complexity index is 460. The van der Waals surface area contributed by atoms with Crippen LogP contribution in [0.4, 0.5) is 0 Å². The van der Waals surface area contributed by atoms with E-state index in [1.54, 1.807) is 0 Å². The van der Waals surface area contributed by atoms with Crippen molar-refractivity contribution in [2.75, 3.05) is 39.3 Å². The van der Waals surface area contributed by atoms with Crippen LogP contribution in [0.5, 0.6) is 0 Å². The third-order valence-corrected chi connectivity index (χ3v) is 6.29. The van der Waals surface area contributed by atoms with Crippen LogP contribution in [0.1, 0.15) is 77.6 Å². The van der Waals surface area contributed by atoms with Crippen molar-refractivity contribution in [1.82, 2.24) is 15.5 Å². The molecular formula is C22H44IN5O. The predicted octanol–water partition coefficient (Wildman–Crippen LogP) is 3.50. The molecule has 0 radical (unpaired) electrons. The van der Waals surface area contributed by atoms with E-state index in [0.717, 1.165) is 70.4 Å². The van der Waals surface area contributed by atoms with Gasteiger partial charge in [-0.1, -0.05) is 38.5 Å². The molecule has 0 aromatic rings. The van der Waals surface area contributed by atoms with Crippen molar-refractivity contribution in [1.29, 1.82) is 0 Å². The first kappa shape index (κ1) is 26.5. The van der Waals surface area contributed by atoms with Gasteiger partial charge in [0.1, 0.15) is 0 Å². The molecule has 6 nitrogen and oxygen atoms in total. The van der Waals surface area contributed by atoms with Crippen LogP contribution in [0.15, 0.2) is 4.99 Å². The second kappa shape index (κ2) is 16.2. The second-order valence-corrected chi connectivity index (χ2v) is 8.56. The summed E-state index contributed by atoms with van der Waals surface area (Å²) in [5, 5.41) is 6.83. The molecule has 0 spiro atoms. The van der Waals surface area contributed by atoms with Gasteiger partial charge in [0.15, 0.2) is 5.96 Å². The molecule has 1 aliphatic carbocycles. The molecule has 29 heavy (non-hydrogen) atoms. The van der Waals surface area contributed by atoms with Crippen LogP contribution in [0.25, 0.3) is 0 Å². The molecule has 1 saturated heterocycles. The SMILES string of the molecule is CCNC(=NCCCCC1CCCC1)NCCCCN1CCC(C(N)=O)CC1.I. The lowest BCUT2D eigenvalue weighted by atomic mass is 9.96. The van der Waals surface area contributed by atoms with Gasteiger partial charge in [0.25, 0.3) is 0 Å². The Labute approximate surface area is 195 Å². The number of primary amides is 1. The van der Waals surface area contributed by atoms with Gasteiger partial charge in [0.05, 0.1) is 0 Å². The first-order valence-corrected chi connectivity index (χ1v) is 11.7. The number of aliphatic imine (C=N–C) groups is 1. The average molecular weight is 522 g/mol. The normalized spacial score (nSPS) is 19.1. The van der Waals surface area contributed by atoms with E-state index in [9.17, 15) is 4.79 Å². The number of likely N-dealkylation sites (tertiary alicyclic amines) is 1. The summed E-state index contributed by atoms with van der Waals surface area (Å²) in [6, 6.07) is 0. The van der Waals surface area contributed by atoms with Gasteiger partial charge in [0.2, 0.25) is 5.91 Å².